The van der Waals surface area contributed by atoms with Crippen molar-refractivity contribution in [1.29, 1.82) is 0 Å². The number of carbonyl (C=O) groups is 1. The Morgan fingerprint density at radius 3 is 2.81 bits per heavy atom. The van der Waals surface area contributed by atoms with Gasteiger partial charge < -0.3 is 10.0 Å². The Labute approximate surface area is 122 Å². The van der Waals surface area contributed by atoms with Gasteiger partial charge in [0.25, 0.3) is 5.91 Å². The van der Waals surface area contributed by atoms with Crippen molar-refractivity contribution < 1.29 is 9.90 Å². The van der Waals surface area contributed by atoms with Gasteiger partial charge in [-0.3, -0.25) is 4.79 Å². The number of amides is 1. The highest BCUT2D eigenvalue weighted by Gasteiger charge is 2.29. The Kier molecular flexibility index (Phi) is 3.92. The summed E-state index contributed by atoms with van der Waals surface area (Å²) in [5.41, 5.74) is 0.527. The SMILES string of the molecule is O=C(c1ccc(-n2cncn2)nc1)N(CCO)C1CCC1. The van der Waals surface area contributed by atoms with Crippen LogP contribution in [-0.4, -0.2) is 54.9 Å². The molecule has 7 heteroatoms. The molecule has 1 saturated carbocycles. The molecule has 1 N–H and O–H groups in total. The van der Waals surface area contributed by atoms with Crippen molar-refractivity contribution in [2.24, 2.45) is 0 Å². The van der Waals surface area contributed by atoms with Crippen LogP contribution in [0.1, 0.15) is 29.6 Å². The fraction of sp³-hybridized carbons (Fsp3) is 0.429. The summed E-state index contributed by atoms with van der Waals surface area (Å²) in [6.45, 7) is 0.348. The van der Waals surface area contributed by atoms with Crippen LogP contribution in [0.4, 0.5) is 0 Å². The topological polar surface area (TPSA) is 84.1 Å². The lowest BCUT2D eigenvalue weighted by atomic mass is 9.91. The van der Waals surface area contributed by atoms with Crippen molar-refractivity contribution in [1.82, 2.24) is 24.6 Å². The normalized spacial score (nSPS) is 14.7. The summed E-state index contributed by atoms with van der Waals surface area (Å²) >= 11 is 0. The van der Waals surface area contributed by atoms with E-state index in [0.29, 0.717) is 17.9 Å². The maximum absolute atomic E-state index is 12.5. The minimum Gasteiger partial charge on any atom is -0.395 e. The summed E-state index contributed by atoms with van der Waals surface area (Å²) in [5.74, 6) is 0.535. The van der Waals surface area contributed by atoms with Crippen LogP contribution in [0.3, 0.4) is 0 Å². The average molecular weight is 287 g/mol. The zero-order chi connectivity index (χ0) is 14.7. The zero-order valence-electron chi connectivity index (χ0n) is 11.6. The van der Waals surface area contributed by atoms with E-state index in [0.717, 1.165) is 19.3 Å². The standard InChI is InChI=1S/C14H17N5O2/c20-7-6-18(12-2-1-3-12)14(21)11-4-5-13(16-8-11)19-10-15-9-17-19/h4-5,8-10,12,20H,1-3,6-7H2. The molecule has 21 heavy (non-hydrogen) atoms. The van der Waals surface area contributed by atoms with Gasteiger partial charge >= 0.3 is 0 Å². The summed E-state index contributed by atoms with van der Waals surface area (Å²) in [4.78, 5) is 22.4. The average Bonchev–Trinajstić information content (AvgIpc) is 2.98. The highest BCUT2D eigenvalue weighted by Crippen LogP contribution is 2.25. The molecule has 0 spiro atoms. The van der Waals surface area contributed by atoms with Gasteiger partial charge in [-0.1, -0.05) is 0 Å². The number of rotatable bonds is 5. The summed E-state index contributed by atoms with van der Waals surface area (Å²) in [6, 6.07) is 3.72. The van der Waals surface area contributed by atoms with E-state index in [4.69, 9.17) is 5.11 Å². The number of aliphatic hydroxyl groups excluding tert-OH is 1. The first-order valence-electron chi connectivity index (χ1n) is 7.02. The van der Waals surface area contributed by atoms with E-state index in [1.165, 1.54) is 11.0 Å². The van der Waals surface area contributed by atoms with Crippen LogP contribution in [-0.2, 0) is 0 Å². The van der Waals surface area contributed by atoms with Crippen LogP contribution in [0.15, 0.2) is 31.0 Å². The van der Waals surface area contributed by atoms with Crippen molar-refractivity contribution in [3.8, 4) is 5.82 Å². The second kappa shape index (κ2) is 6.01. The molecule has 0 bridgehead atoms. The van der Waals surface area contributed by atoms with E-state index < -0.39 is 0 Å². The molecule has 0 atom stereocenters. The first-order chi connectivity index (χ1) is 10.3. The molecule has 2 heterocycles. The van der Waals surface area contributed by atoms with E-state index in [9.17, 15) is 4.79 Å². The monoisotopic (exact) mass is 287 g/mol. The number of aromatic nitrogens is 4. The van der Waals surface area contributed by atoms with Crippen molar-refractivity contribution in [2.45, 2.75) is 25.3 Å². The van der Waals surface area contributed by atoms with Crippen molar-refractivity contribution >= 4 is 5.91 Å². The van der Waals surface area contributed by atoms with Gasteiger partial charge in [0.15, 0.2) is 5.82 Å². The Balaban J connectivity index is 1.77. The van der Waals surface area contributed by atoms with Gasteiger partial charge in [-0.25, -0.2) is 14.6 Å². The molecule has 0 unspecified atom stereocenters. The highest BCUT2D eigenvalue weighted by atomic mass is 16.3. The second-order valence-electron chi connectivity index (χ2n) is 5.05. The summed E-state index contributed by atoms with van der Waals surface area (Å²) in [5, 5.41) is 13.1. The Morgan fingerprint density at radius 1 is 1.43 bits per heavy atom. The maximum atomic E-state index is 12.5. The van der Waals surface area contributed by atoms with Gasteiger partial charge in [0.1, 0.15) is 12.7 Å². The first-order valence-corrected chi connectivity index (χ1v) is 7.02. The number of aliphatic hydroxyl groups is 1. The molecule has 0 radical (unpaired) electrons. The van der Waals surface area contributed by atoms with Crippen LogP contribution < -0.4 is 0 Å². The summed E-state index contributed by atoms with van der Waals surface area (Å²) < 4.78 is 1.53. The van der Waals surface area contributed by atoms with Gasteiger partial charge in [0.05, 0.1) is 12.2 Å². The third-order valence-electron chi connectivity index (χ3n) is 3.77. The van der Waals surface area contributed by atoms with E-state index in [2.05, 4.69) is 15.1 Å². The van der Waals surface area contributed by atoms with Crippen molar-refractivity contribution in [3.05, 3.63) is 36.5 Å². The second-order valence-corrected chi connectivity index (χ2v) is 5.05. The predicted octanol–water partition coefficient (Wildman–Crippen LogP) is 0.649. The lowest BCUT2D eigenvalue weighted by Crippen LogP contribution is -2.45. The minimum atomic E-state index is -0.0774. The molecule has 2 aromatic heterocycles. The molecular weight excluding hydrogens is 270 g/mol. The smallest absolute Gasteiger partial charge is 0.255 e. The molecule has 1 aliphatic carbocycles. The largest absolute Gasteiger partial charge is 0.395 e. The van der Waals surface area contributed by atoms with Gasteiger partial charge in [-0.2, -0.15) is 5.10 Å². The molecule has 2 aromatic rings. The highest BCUT2D eigenvalue weighted by molar-refractivity contribution is 5.94. The number of carbonyl (C=O) groups excluding carboxylic acids is 1. The lowest BCUT2D eigenvalue weighted by Gasteiger charge is -2.37. The predicted molar refractivity (Wildman–Crippen MR) is 74.9 cm³/mol. The molecule has 1 aliphatic rings. The number of nitrogens with zero attached hydrogens (tertiary/aromatic N) is 5. The van der Waals surface area contributed by atoms with Crippen LogP contribution in [0.2, 0.25) is 0 Å². The number of pyridine rings is 1. The fourth-order valence-corrected chi connectivity index (χ4v) is 2.40. The van der Waals surface area contributed by atoms with Crippen LogP contribution in [0.5, 0.6) is 0 Å². The Bertz CT molecular complexity index is 592. The van der Waals surface area contributed by atoms with Crippen LogP contribution in [0.25, 0.3) is 5.82 Å². The Morgan fingerprint density at radius 2 is 2.29 bits per heavy atom. The maximum Gasteiger partial charge on any atom is 0.255 e. The first kappa shape index (κ1) is 13.7. The molecule has 1 fully saturated rings. The van der Waals surface area contributed by atoms with Gasteiger partial charge in [0.2, 0.25) is 0 Å². The third kappa shape index (κ3) is 2.78. The molecule has 110 valence electrons. The molecule has 7 nitrogen and oxygen atoms in total. The number of hydrogen-bond acceptors (Lipinski definition) is 5. The molecule has 1 amide bonds. The van der Waals surface area contributed by atoms with E-state index in [1.807, 2.05) is 0 Å². The molecule has 0 saturated heterocycles. The fourth-order valence-electron chi connectivity index (χ4n) is 2.40. The van der Waals surface area contributed by atoms with Gasteiger partial charge in [-0.15, -0.1) is 0 Å². The van der Waals surface area contributed by atoms with Crippen molar-refractivity contribution in [2.75, 3.05) is 13.2 Å². The Hall–Kier alpha value is -2.28. The molecule has 3 rings (SSSR count). The van der Waals surface area contributed by atoms with Crippen LogP contribution in [0, 0.1) is 0 Å². The lowest BCUT2D eigenvalue weighted by molar-refractivity contribution is 0.0525. The molecule has 0 aromatic carbocycles. The van der Waals surface area contributed by atoms with Crippen molar-refractivity contribution in [3.63, 3.8) is 0 Å². The summed E-state index contributed by atoms with van der Waals surface area (Å²) in [6.07, 6.45) is 7.69. The van der Waals surface area contributed by atoms with E-state index in [1.54, 1.807) is 29.6 Å². The quantitative estimate of drug-likeness (QED) is 0.873. The van der Waals surface area contributed by atoms with Gasteiger partial charge in [0, 0.05) is 18.8 Å². The third-order valence-corrected chi connectivity index (χ3v) is 3.77. The molecular formula is C14H17N5O2. The van der Waals surface area contributed by atoms with Gasteiger partial charge in [-0.05, 0) is 31.4 Å². The van der Waals surface area contributed by atoms with Crippen LogP contribution >= 0.6 is 0 Å². The minimum absolute atomic E-state index is 0.0211. The zero-order valence-corrected chi connectivity index (χ0v) is 11.6. The summed E-state index contributed by atoms with van der Waals surface area (Å²) in [7, 11) is 0. The number of hydrogen-bond donors (Lipinski definition) is 1. The molecule has 0 aliphatic heterocycles. The van der Waals surface area contributed by atoms with E-state index in [-0.39, 0.29) is 18.6 Å². The van der Waals surface area contributed by atoms with E-state index >= 15 is 0 Å².